The fourth-order valence-corrected chi connectivity index (χ4v) is 5.00. The minimum Gasteiger partial charge on any atom is -0.459 e. The van der Waals surface area contributed by atoms with Crippen molar-refractivity contribution in [3.8, 4) is 0 Å². The summed E-state index contributed by atoms with van der Waals surface area (Å²) in [4.78, 5) is 30.6. The van der Waals surface area contributed by atoms with Gasteiger partial charge >= 0.3 is 5.97 Å². The summed E-state index contributed by atoms with van der Waals surface area (Å²) in [6.45, 7) is 5.00. The van der Waals surface area contributed by atoms with Gasteiger partial charge in [0.05, 0.1) is 28.4 Å². The third-order valence-corrected chi connectivity index (χ3v) is 6.38. The number of amides is 1. The number of nitrogens with one attached hydrogen (secondary N) is 2. The number of hydrogen-bond acceptors (Lipinski definition) is 5. The Balaban J connectivity index is 1.37. The molecular formula is C23H26N3O3S+. The first-order valence-corrected chi connectivity index (χ1v) is 11.1. The van der Waals surface area contributed by atoms with Gasteiger partial charge in [-0.05, 0) is 50.2 Å². The van der Waals surface area contributed by atoms with E-state index in [2.05, 4.69) is 11.4 Å². The summed E-state index contributed by atoms with van der Waals surface area (Å²) in [5.41, 5.74) is 2.18. The number of benzene rings is 2. The van der Waals surface area contributed by atoms with Crippen LogP contribution in [0.5, 0.6) is 0 Å². The maximum Gasteiger partial charge on any atom is 0.338 e. The Hall–Kier alpha value is -2.77. The maximum absolute atomic E-state index is 12.6. The maximum atomic E-state index is 12.6. The standard InChI is InChI=1S/C23H25N3O3S/c1-15(2)29-23(28)16-9-11-17(12-10-16)24-21(27)14-26-13-5-7-19(26)22-25-18-6-3-4-8-20(18)30-22/h3-4,6,8-12,15,19H,5,7,13-14H2,1-2H3,(H,24,27)/p+1/t19-/m0/s1. The summed E-state index contributed by atoms with van der Waals surface area (Å²) in [7, 11) is 0. The molecule has 1 amide bonds. The number of anilines is 1. The quantitative estimate of drug-likeness (QED) is 0.596. The van der Waals surface area contributed by atoms with Gasteiger partial charge in [0.2, 0.25) is 0 Å². The third kappa shape index (κ3) is 4.68. The third-order valence-electron chi connectivity index (χ3n) is 5.23. The van der Waals surface area contributed by atoms with Crippen molar-refractivity contribution in [2.24, 2.45) is 0 Å². The van der Waals surface area contributed by atoms with E-state index in [1.807, 2.05) is 32.0 Å². The minimum absolute atomic E-state index is 0.0319. The lowest BCUT2D eigenvalue weighted by Crippen LogP contribution is -3.11. The molecule has 6 nitrogen and oxygen atoms in total. The number of carbonyl (C=O) groups excluding carboxylic acids is 2. The smallest absolute Gasteiger partial charge is 0.338 e. The number of aromatic nitrogens is 1. The lowest BCUT2D eigenvalue weighted by molar-refractivity contribution is -0.910. The zero-order chi connectivity index (χ0) is 21.1. The van der Waals surface area contributed by atoms with Gasteiger partial charge in [-0.15, -0.1) is 11.3 Å². The van der Waals surface area contributed by atoms with Crippen molar-refractivity contribution in [2.45, 2.75) is 38.8 Å². The number of carbonyl (C=O) groups is 2. The van der Waals surface area contributed by atoms with Gasteiger partial charge in [-0.1, -0.05) is 12.1 Å². The number of likely N-dealkylation sites (tertiary alicyclic amines) is 1. The highest BCUT2D eigenvalue weighted by molar-refractivity contribution is 7.18. The predicted octanol–water partition coefficient (Wildman–Crippen LogP) is 3.22. The van der Waals surface area contributed by atoms with Crippen LogP contribution >= 0.6 is 11.3 Å². The van der Waals surface area contributed by atoms with Crippen molar-refractivity contribution < 1.29 is 19.2 Å². The Kier molecular flexibility index (Phi) is 6.11. The van der Waals surface area contributed by atoms with E-state index >= 15 is 0 Å². The van der Waals surface area contributed by atoms with Gasteiger partial charge in [-0.25, -0.2) is 9.78 Å². The van der Waals surface area contributed by atoms with Crippen LogP contribution in [0.1, 0.15) is 48.1 Å². The highest BCUT2D eigenvalue weighted by Gasteiger charge is 2.34. The molecule has 156 valence electrons. The van der Waals surface area contributed by atoms with E-state index < -0.39 is 0 Å². The second-order valence-electron chi connectivity index (χ2n) is 7.88. The van der Waals surface area contributed by atoms with Gasteiger partial charge < -0.3 is 15.0 Å². The fourth-order valence-electron chi connectivity index (χ4n) is 3.84. The summed E-state index contributed by atoms with van der Waals surface area (Å²) < 4.78 is 6.38. The van der Waals surface area contributed by atoms with Crippen LogP contribution in [0.4, 0.5) is 5.69 Å². The summed E-state index contributed by atoms with van der Waals surface area (Å²) >= 11 is 1.73. The van der Waals surface area contributed by atoms with E-state index in [0.29, 0.717) is 17.8 Å². The first kappa shape index (κ1) is 20.5. The molecular weight excluding hydrogens is 398 g/mol. The molecule has 1 saturated heterocycles. The lowest BCUT2D eigenvalue weighted by Gasteiger charge is -2.19. The normalized spacial score (nSPS) is 18.6. The number of nitrogens with zero attached hydrogens (tertiary/aromatic N) is 1. The van der Waals surface area contributed by atoms with Crippen LogP contribution in [0.25, 0.3) is 10.2 Å². The average molecular weight is 425 g/mol. The van der Waals surface area contributed by atoms with Gasteiger partial charge in [-0.2, -0.15) is 0 Å². The number of para-hydroxylation sites is 1. The van der Waals surface area contributed by atoms with Crippen LogP contribution in [0, 0.1) is 0 Å². The van der Waals surface area contributed by atoms with Crippen LogP contribution in [0.3, 0.4) is 0 Å². The van der Waals surface area contributed by atoms with Gasteiger partial charge in [0.1, 0.15) is 6.04 Å². The molecule has 0 spiro atoms. The SMILES string of the molecule is CC(C)OC(=O)c1ccc(NC(=O)C[NH+]2CCC[C@H]2c2nc3ccccc3s2)cc1. The molecule has 1 aliphatic heterocycles. The molecule has 0 radical (unpaired) electrons. The van der Waals surface area contributed by atoms with Gasteiger partial charge in [0.25, 0.3) is 5.91 Å². The average Bonchev–Trinajstić information content (AvgIpc) is 3.34. The minimum atomic E-state index is -0.358. The summed E-state index contributed by atoms with van der Waals surface area (Å²) in [5, 5.41) is 4.06. The molecule has 1 fully saturated rings. The Morgan fingerprint density at radius 2 is 1.97 bits per heavy atom. The Morgan fingerprint density at radius 3 is 2.70 bits per heavy atom. The Bertz CT molecular complexity index is 1010. The van der Waals surface area contributed by atoms with Crippen LogP contribution in [-0.4, -0.2) is 36.1 Å². The monoisotopic (exact) mass is 424 g/mol. The van der Waals surface area contributed by atoms with Crippen LogP contribution in [0.15, 0.2) is 48.5 Å². The highest BCUT2D eigenvalue weighted by atomic mass is 32.1. The molecule has 2 atom stereocenters. The lowest BCUT2D eigenvalue weighted by atomic mass is 10.2. The molecule has 2 aromatic carbocycles. The fraction of sp³-hybridized carbons (Fsp3) is 0.348. The van der Waals surface area contributed by atoms with E-state index in [9.17, 15) is 9.59 Å². The molecule has 7 heteroatoms. The van der Waals surface area contributed by atoms with Crippen molar-refractivity contribution in [1.29, 1.82) is 0 Å². The highest BCUT2D eigenvalue weighted by Crippen LogP contribution is 2.28. The number of rotatable bonds is 6. The first-order chi connectivity index (χ1) is 14.5. The van der Waals surface area contributed by atoms with Crippen LogP contribution in [0.2, 0.25) is 0 Å². The largest absolute Gasteiger partial charge is 0.459 e. The molecule has 1 unspecified atom stereocenters. The van der Waals surface area contributed by atoms with E-state index in [-0.39, 0.29) is 24.0 Å². The number of thiazole rings is 1. The predicted molar refractivity (Wildman–Crippen MR) is 118 cm³/mol. The van der Waals surface area contributed by atoms with Crippen molar-refractivity contribution in [2.75, 3.05) is 18.4 Å². The number of hydrogen-bond donors (Lipinski definition) is 2. The summed E-state index contributed by atoms with van der Waals surface area (Å²) in [5.74, 6) is -0.390. The molecule has 2 heterocycles. The van der Waals surface area contributed by atoms with E-state index in [1.165, 1.54) is 9.60 Å². The van der Waals surface area contributed by atoms with E-state index in [0.717, 1.165) is 29.9 Å². The second-order valence-corrected chi connectivity index (χ2v) is 8.94. The van der Waals surface area contributed by atoms with Crippen molar-refractivity contribution in [1.82, 2.24) is 4.98 Å². The van der Waals surface area contributed by atoms with Gasteiger partial charge in [0.15, 0.2) is 11.6 Å². The molecule has 0 bridgehead atoms. The summed E-state index contributed by atoms with van der Waals surface area (Å²) in [6.07, 6.45) is 1.98. The topological polar surface area (TPSA) is 72.7 Å². The second kappa shape index (κ2) is 8.93. The molecule has 3 aromatic rings. The molecule has 4 rings (SSSR count). The molecule has 0 saturated carbocycles. The zero-order valence-corrected chi connectivity index (χ0v) is 18.0. The zero-order valence-electron chi connectivity index (χ0n) is 17.2. The Morgan fingerprint density at radius 1 is 1.20 bits per heavy atom. The van der Waals surface area contributed by atoms with Crippen molar-refractivity contribution in [3.63, 3.8) is 0 Å². The van der Waals surface area contributed by atoms with Crippen LogP contribution < -0.4 is 10.2 Å². The van der Waals surface area contributed by atoms with Gasteiger partial charge in [-0.3, -0.25) is 4.79 Å². The number of esters is 1. The molecule has 1 aromatic heterocycles. The van der Waals surface area contributed by atoms with Crippen molar-refractivity contribution >= 4 is 39.1 Å². The number of fused-ring (bicyclic) bond motifs is 1. The number of ether oxygens (including phenoxy) is 1. The van der Waals surface area contributed by atoms with Crippen LogP contribution in [-0.2, 0) is 9.53 Å². The first-order valence-electron chi connectivity index (χ1n) is 10.3. The molecule has 2 N–H and O–H groups in total. The van der Waals surface area contributed by atoms with Crippen molar-refractivity contribution in [3.05, 3.63) is 59.1 Å². The number of quaternary nitrogens is 1. The summed E-state index contributed by atoms with van der Waals surface area (Å²) in [6, 6.07) is 15.3. The molecule has 30 heavy (non-hydrogen) atoms. The molecule has 0 aliphatic carbocycles. The van der Waals surface area contributed by atoms with E-state index in [1.54, 1.807) is 35.6 Å². The van der Waals surface area contributed by atoms with Gasteiger partial charge in [0, 0.05) is 18.5 Å². The van der Waals surface area contributed by atoms with E-state index in [4.69, 9.17) is 9.72 Å². The molecule has 1 aliphatic rings. The Labute approximate surface area is 179 Å².